The lowest BCUT2D eigenvalue weighted by Gasteiger charge is -2.44. The average Bonchev–Trinajstić information content (AvgIpc) is 3.25. The summed E-state index contributed by atoms with van der Waals surface area (Å²) in [4.78, 5) is 23.6. The molecule has 8 nitrogen and oxygen atoms in total. The Labute approximate surface area is 232 Å². The second-order valence-corrected chi connectivity index (χ2v) is 10.6. The second kappa shape index (κ2) is 12.9. The van der Waals surface area contributed by atoms with Gasteiger partial charge in [0.2, 0.25) is 0 Å². The van der Waals surface area contributed by atoms with E-state index in [1.54, 1.807) is 14.2 Å². The number of alkyl halides is 3. The summed E-state index contributed by atoms with van der Waals surface area (Å²) in [7, 11) is 5.44. The zero-order valence-electron chi connectivity index (χ0n) is 22.0. The number of ether oxygens (including phenoxy) is 2. The standard InChI is InChI=1S/C24H29F2N3O3S.C2HF3O2/c1-29-11-10-24(15-4-7-20(31-2)21(12-15)32-3)9-8-17(14-22(24)29)33-28-23(30)27-19-6-5-16(25)13-18(19)26;3-2(4,5)1(6)7/h4-7,12-13,17,22H,8-11,14H2,1-3H3,(H2,27,28,30);(H,6,7). The lowest BCUT2D eigenvalue weighted by atomic mass is 9.66. The molecule has 0 radical (unpaired) electrons. The van der Waals surface area contributed by atoms with E-state index in [4.69, 9.17) is 19.4 Å². The van der Waals surface area contributed by atoms with Gasteiger partial charge in [0.25, 0.3) is 0 Å². The Bertz CT molecular complexity index is 1220. The molecule has 1 saturated carbocycles. The van der Waals surface area contributed by atoms with Gasteiger partial charge >= 0.3 is 18.2 Å². The van der Waals surface area contributed by atoms with Crippen LogP contribution in [0.5, 0.6) is 11.5 Å². The van der Waals surface area contributed by atoms with E-state index in [0.717, 1.165) is 55.9 Å². The molecular weight excluding hydrogens is 561 g/mol. The Kier molecular flexibility index (Phi) is 10.1. The number of hydrogen-bond acceptors (Lipinski definition) is 6. The van der Waals surface area contributed by atoms with Gasteiger partial charge in [-0.2, -0.15) is 13.2 Å². The molecule has 3 unspecified atom stereocenters. The van der Waals surface area contributed by atoms with Gasteiger partial charge in [-0.05, 0) is 81.1 Å². The number of benzene rings is 2. The van der Waals surface area contributed by atoms with Crippen molar-refractivity contribution in [2.24, 2.45) is 0 Å². The Morgan fingerprint density at radius 3 is 2.35 bits per heavy atom. The van der Waals surface area contributed by atoms with E-state index in [-0.39, 0.29) is 16.4 Å². The summed E-state index contributed by atoms with van der Waals surface area (Å²) in [5.74, 6) is -2.79. The van der Waals surface area contributed by atoms with Crippen molar-refractivity contribution in [2.75, 3.05) is 33.1 Å². The van der Waals surface area contributed by atoms with Crippen LogP contribution in [0.1, 0.15) is 31.2 Å². The average molecular weight is 592 g/mol. The molecule has 1 saturated heterocycles. The number of nitrogens with one attached hydrogen (secondary N) is 2. The fraction of sp³-hybridized carbons (Fsp3) is 0.462. The normalized spacial score (nSPS) is 22.4. The number of urea groups is 1. The van der Waals surface area contributed by atoms with E-state index in [2.05, 4.69) is 34.1 Å². The molecule has 2 amide bonds. The van der Waals surface area contributed by atoms with Crippen molar-refractivity contribution in [1.29, 1.82) is 0 Å². The van der Waals surface area contributed by atoms with Crippen LogP contribution in [0.25, 0.3) is 0 Å². The van der Waals surface area contributed by atoms with Crippen molar-refractivity contribution >= 4 is 29.6 Å². The third-order valence-electron chi connectivity index (χ3n) is 7.18. The Morgan fingerprint density at radius 2 is 1.75 bits per heavy atom. The van der Waals surface area contributed by atoms with E-state index in [1.807, 2.05) is 6.07 Å². The monoisotopic (exact) mass is 591 g/mol. The van der Waals surface area contributed by atoms with Gasteiger partial charge in [-0.15, -0.1) is 0 Å². The fourth-order valence-corrected chi connectivity index (χ4v) is 6.05. The molecule has 14 heteroatoms. The Morgan fingerprint density at radius 1 is 1.07 bits per heavy atom. The fourth-order valence-electron chi connectivity index (χ4n) is 5.21. The van der Waals surface area contributed by atoms with Crippen molar-refractivity contribution in [3.8, 4) is 11.5 Å². The lowest BCUT2D eigenvalue weighted by molar-refractivity contribution is -0.192. The van der Waals surface area contributed by atoms with Crippen molar-refractivity contribution in [2.45, 2.75) is 48.6 Å². The first-order chi connectivity index (χ1) is 18.8. The zero-order valence-corrected chi connectivity index (χ0v) is 22.8. The summed E-state index contributed by atoms with van der Waals surface area (Å²) in [6.45, 7) is 1.01. The molecule has 40 heavy (non-hydrogen) atoms. The van der Waals surface area contributed by atoms with Gasteiger partial charge in [-0.3, -0.25) is 4.72 Å². The number of carbonyl (C=O) groups is 2. The van der Waals surface area contributed by atoms with Crippen molar-refractivity contribution in [3.63, 3.8) is 0 Å². The van der Waals surface area contributed by atoms with Crippen LogP contribution in [0.2, 0.25) is 0 Å². The minimum absolute atomic E-state index is 0.0326. The van der Waals surface area contributed by atoms with Gasteiger partial charge in [0, 0.05) is 22.8 Å². The van der Waals surface area contributed by atoms with Gasteiger partial charge in [0.1, 0.15) is 11.6 Å². The number of likely N-dealkylation sites (tertiary alicyclic amines) is 1. The number of nitrogens with zero attached hydrogens (tertiary/aromatic N) is 1. The number of halogens is 5. The number of hydrogen-bond donors (Lipinski definition) is 3. The summed E-state index contributed by atoms with van der Waals surface area (Å²) in [5.41, 5.74) is 1.24. The first kappa shape index (κ1) is 31.3. The molecule has 1 heterocycles. The number of carboxylic acids is 1. The van der Waals surface area contributed by atoms with Gasteiger partial charge in [-0.1, -0.05) is 6.07 Å². The predicted molar refractivity (Wildman–Crippen MR) is 140 cm³/mol. The highest BCUT2D eigenvalue weighted by atomic mass is 32.2. The molecule has 2 fully saturated rings. The van der Waals surface area contributed by atoms with E-state index < -0.39 is 29.8 Å². The highest BCUT2D eigenvalue weighted by Crippen LogP contribution is 2.51. The molecule has 3 N–H and O–H groups in total. The van der Waals surface area contributed by atoms with Crippen LogP contribution in [-0.4, -0.2) is 67.3 Å². The van der Waals surface area contributed by atoms with E-state index in [9.17, 15) is 26.7 Å². The SMILES string of the molecule is COc1ccc(C23CCC(SNC(=O)Nc4ccc(F)cc4F)CC2N(C)CC3)cc1OC.O=C(O)C(F)(F)F. The van der Waals surface area contributed by atoms with Crippen LogP contribution < -0.4 is 19.5 Å². The number of amides is 2. The number of fused-ring (bicyclic) bond motifs is 1. The molecule has 1 aliphatic carbocycles. The summed E-state index contributed by atoms with van der Waals surface area (Å²) in [5, 5.41) is 9.79. The van der Waals surface area contributed by atoms with Crippen LogP contribution in [0.15, 0.2) is 36.4 Å². The molecular formula is C26H30F5N3O5S. The number of carbonyl (C=O) groups excluding carboxylic acids is 1. The van der Waals surface area contributed by atoms with Crippen LogP contribution in [0.4, 0.5) is 32.4 Å². The van der Waals surface area contributed by atoms with Gasteiger partial charge < -0.3 is 24.8 Å². The molecule has 1 aliphatic heterocycles. The highest BCUT2D eigenvalue weighted by molar-refractivity contribution is 7.98. The molecule has 3 atom stereocenters. The lowest BCUT2D eigenvalue weighted by Crippen LogP contribution is -2.47. The van der Waals surface area contributed by atoms with Crippen molar-refractivity contribution < 1.29 is 46.1 Å². The predicted octanol–water partition coefficient (Wildman–Crippen LogP) is 5.58. The highest BCUT2D eigenvalue weighted by Gasteiger charge is 2.50. The molecule has 0 aromatic heterocycles. The quantitative estimate of drug-likeness (QED) is 0.298. The third-order valence-corrected chi connectivity index (χ3v) is 8.24. The maximum atomic E-state index is 13.8. The number of methoxy groups -OCH3 is 2. The van der Waals surface area contributed by atoms with Gasteiger partial charge in [0.15, 0.2) is 11.5 Å². The van der Waals surface area contributed by atoms with Gasteiger partial charge in [0.05, 0.1) is 19.9 Å². The topological polar surface area (TPSA) is 100 Å². The smallest absolute Gasteiger partial charge is 0.490 e. The first-order valence-corrected chi connectivity index (χ1v) is 13.1. The zero-order chi connectivity index (χ0) is 29.7. The van der Waals surface area contributed by atoms with Crippen LogP contribution in [-0.2, 0) is 10.2 Å². The van der Waals surface area contributed by atoms with Gasteiger partial charge in [-0.25, -0.2) is 18.4 Å². The minimum Gasteiger partial charge on any atom is -0.493 e. The molecule has 0 spiro atoms. The molecule has 2 aromatic carbocycles. The molecule has 4 rings (SSSR count). The summed E-state index contributed by atoms with van der Waals surface area (Å²) in [6, 6.07) is 9.08. The van der Waals surface area contributed by atoms with Crippen molar-refractivity contribution in [3.05, 3.63) is 53.6 Å². The largest absolute Gasteiger partial charge is 0.493 e. The second-order valence-electron chi connectivity index (χ2n) is 9.47. The van der Waals surface area contributed by atoms with Crippen molar-refractivity contribution in [1.82, 2.24) is 9.62 Å². The number of aliphatic carboxylic acids is 1. The number of anilines is 1. The van der Waals surface area contributed by atoms with Crippen LogP contribution >= 0.6 is 11.9 Å². The number of rotatable bonds is 6. The molecule has 2 aliphatic rings. The first-order valence-electron chi connectivity index (χ1n) is 12.2. The molecule has 220 valence electrons. The summed E-state index contributed by atoms with van der Waals surface area (Å²) < 4.78 is 72.3. The maximum Gasteiger partial charge on any atom is 0.490 e. The minimum atomic E-state index is -5.08. The van der Waals surface area contributed by atoms with E-state index in [1.165, 1.54) is 23.6 Å². The number of likely N-dealkylation sites (N-methyl/N-ethyl adjacent to an activating group) is 1. The van der Waals surface area contributed by atoms with Crippen LogP contribution in [0, 0.1) is 11.6 Å². The third kappa shape index (κ3) is 7.27. The summed E-state index contributed by atoms with van der Waals surface area (Å²) in [6.07, 6.45) is -1.17. The van der Waals surface area contributed by atoms with Crippen LogP contribution in [0.3, 0.4) is 0 Å². The Hall–Kier alpha value is -3.26. The summed E-state index contributed by atoms with van der Waals surface area (Å²) >= 11 is 1.36. The van der Waals surface area contributed by atoms with E-state index in [0.29, 0.717) is 6.04 Å². The number of carboxylic acid groups (broad SMARTS) is 1. The molecule has 2 aromatic rings. The maximum absolute atomic E-state index is 13.8. The Balaban J connectivity index is 0.000000559. The van der Waals surface area contributed by atoms with E-state index >= 15 is 0 Å². The molecule has 0 bridgehead atoms.